The topological polar surface area (TPSA) is 56.1 Å². The monoisotopic (exact) mass is 323 g/mol. The van der Waals surface area contributed by atoms with Gasteiger partial charge in [-0.05, 0) is 37.6 Å². The number of carbonyl (C=O) groups excluding carboxylic acids is 1. The maximum Gasteiger partial charge on any atom is 0.258 e. The molecule has 1 heterocycles. The van der Waals surface area contributed by atoms with Crippen LogP contribution in [-0.2, 0) is 18.4 Å². The number of carbonyl (C=O) groups is 1. The number of benzene rings is 2. The van der Waals surface area contributed by atoms with E-state index in [0.29, 0.717) is 6.54 Å². The molecule has 3 aromatic rings. The second-order valence-corrected chi connectivity index (χ2v) is 5.91. The van der Waals surface area contributed by atoms with E-state index in [0.717, 1.165) is 28.2 Å². The van der Waals surface area contributed by atoms with E-state index >= 15 is 0 Å². The van der Waals surface area contributed by atoms with E-state index in [1.807, 2.05) is 67.9 Å². The first-order chi connectivity index (χ1) is 11.5. The summed E-state index contributed by atoms with van der Waals surface area (Å²) in [6, 6.07) is 13.8. The maximum absolute atomic E-state index is 12.0. The number of imidazole rings is 1. The van der Waals surface area contributed by atoms with Crippen molar-refractivity contribution in [3.63, 3.8) is 0 Å². The zero-order valence-electron chi connectivity index (χ0n) is 14.2. The first kappa shape index (κ1) is 16.1. The molecule has 2 aromatic carbocycles. The van der Waals surface area contributed by atoms with Crippen LogP contribution in [0.5, 0.6) is 5.75 Å². The highest BCUT2D eigenvalue weighted by Gasteiger charge is 2.09. The Kier molecular flexibility index (Phi) is 4.51. The van der Waals surface area contributed by atoms with Crippen LogP contribution in [0.15, 0.2) is 42.5 Å². The molecule has 1 N–H and O–H groups in total. The zero-order valence-corrected chi connectivity index (χ0v) is 14.2. The van der Waals surface area contributed by atoms with Crippen molar-refractivity contribution in [1.29, 1.82) is 0 Å². The Hall–Kier alpha value is -2.82. The van der Waals surface area contributed by atoms with Gasteiger partial charge in [0.2, 0.25) is 0 Å². The number of aromatic nitrogens is 2. The number of fused-ring (bicyclic) bond motifs is 1. The van der Waals surface area contributed by atoms with Crippen molar-refractivity contribution in [3.8, 4) is 5.75 Å². The van der Waals surface area contributed by atoms with Gasteiger partial charge < -0.3 is 14.6 Å². The molecule has 0 saturated heterocycles. The molecular formula is C19H21N3O2. The zero-order chi connectivity index (χ0) is 17.1. The third-order valence-electron chi connectivity index (χ3n) is 4.01. The molecule has 5 nitrogen and oxygen atoms in total. The fraction of sp³-hybridized carbons (Fsp3) is 0.263. The minimum absolute atomic E-state index is 0.00611. The second-order valence-electron chi connectivity index (χ2n) is 5.91. The van der Waals surface area contributed by atoms with Crippen molar-refractivity contribution in [1.82, 2.24) is 14.9 Å². The van der Waals surface area contributed by atoms with Crippen LogP contribution < -0.4 is 10.1 Å². The lowest BCUT2D eigenvalue weighted by atomic mass is 10.1. The van der Waals surface area contributed by atoms with Crippen molar-refractivity contribution >= 4 is 16.9 Å². The average molecular weight is 323 g/mol. The lowest BCUT2D eigenvalue weighted by molar-refractivity contribution is -0.123. The van der Waals surface area contributed by atoms with Crippen LogP contribution in [0.1, 0.15) is 17.0 Å². The van der Waals surface area contributed by atoms with Crippen LogP contribution in [0.3, 0.4) is 0 Å². The van der Waals surface area contributed by atoms with Crippen LogP contribution in [-0.4, -0.2) is 22.1 Å². The van der Waals surface area contributed by atoms with E-state index in [-0.39, 0.29) is 12.5 Å². The lowest BCUT2D eigenvalue weighted by Crippen LogP contribution is -2.29. The highest BCUT2D eigenvalue weighted by Crippen LogP contribution is 2.18. The van der Waals surface area contributed by atoms with E-state index in [2.05, 4.69) is 10.3 Å². The molecule has 124 valence electrons. The first-order valence-electron chi connectivity index (χ1n) is 7.91. The van der Waals surface area contributed by atoms with E-state index in [1.54, 1.807) is 0 Å². The van der Waals surface area contributed by atoms with Crippen LogP contribution in [0.2, 0.25) is 0 Å². The van der Waals surface area contributed by atoms with Gasteiger partial charge in [-0.15, -0.1) is 0 Å². The van der Waals surface area contributed by atoms with Gasteiger partial charge in [-0.25, -0.2) is 4.98 Å². The highest BCUT2D eigenvalue weighted by molar-refractivity contribution is 5.78. The minimum Gasteiger partial charge on any atom is -0.484 e. The lowest BCUT2D eigenvalue weighted by Gasteiger charge is -2.10. The molecule has 3 rings (SSSR count). The van der Waals surface area contributed by atoms with E-state index in [1.165, 1.54) is 5.56 Å². The quantitative estimate of drug-likeness (QED) is 0.785. The Morgan fingerprint density at radius 2 is 2.00 bits per heavy atom. The number of amides is 1. The molecule has 0 aliphatic rings. The smallest absolute Gasteiger partial charge is 0.258 e. The number of hydrogen-bond donors (Lipinski definition) is 1. The Bertz CT molecular complexity index is 883. The molecule has 0 spiro atoms. The summed E-state index contributed by atoms with van der Waals surface area (Å²) in [6.45, 7) is 4.37. The number of hydrogen-bond acceptors (Lipinski definition) is 3. The van der Waals surface area contributed by atoms with Crippen molar-refractivity contribution in [2.24, 2.45) is 7.05 Å². The van der Waals surface area contributed by atoms with Gasteiger partial charge in [0, 0.05) is 7.05 Å². The largest absolute Gasteiger partial charge is 0.484 e. The molecule has 0 saturated carbocycles. The number of ether oxygens (including phenoxy) is 1. The number of aryl methyl sites for hydroxylation is 3. The van der Waals surface area contributed by atoms with Gasteiger partial charge >= 0.3 is 0 Å². The van der Waals surface area contributed by atoms with Gasteiger partial charge in [0.05, 0.1) is 17.6 Å². The SMILES string of the molecule is Cc1ccc(OCC(=O)NCc2nc3ccccc3n2C)c(C)c1. The molecule has 1 aromatic heterocycles. The first-order valence-corrected chi connectivity index (χ1v) is 7.91. The fourth-order valence-electron chi connectivity index (χ4n) is 2.69. The molecule has 0 aliphatic heterocycles. The minimum atomic E-state index is -0.165. The predicted molar refractivity (Wildman–Crippen MR) is 94.0 cm³/mol. The van der Waals surface area contributed by atoms with Gasteiger partial charge in [-0.2, -0.15) is 0 Å². The van der Waals surface area contributed by atoms with E-state index < -0.39 is 0 Å². The van der Waals surface area contributed by atoms with Crippen molar-refractivity contribution in [2.75, 3.05) is 6.61 Å². The Balaban J connectivity index is 1.58. The summed E-state index contributed by atoms with van der Waals surface area (Å²) in [5.41, 5.74) is 4.17. The summed E-state index contributed by atoms with van der Waals surface area (Å²) in [4.78, 5) is 16.6. The maximum atomic E-state index is 12.0. The highest BCUT2D eigenvalue weighted by atomic mass is 16.5. The van der Waals surface area contributed by atoms with Gasteiger partial charge in [-0.1, -0.05) is 29.8 Å². The molecule has 0 unspecified atom stereocenters. The van der Waals surface area contributed by atoms with E-state index in [4.69, 9.17) is 4.74 Å². The average Bonchev–Trinajstić information content (AvgIpc) is 2.89. The molecule has 0 radical (unpaired) electrons. The van der Waals surface area contributed by atoms with Crippen molar-refractivity contribution < 1.29 is 9.53 Å². The summed E-state index contributed by atoms with van der Waals surface area (Å²) in [7, 11) is 1.95. The fourth-order valence-corrected chi connectivity index (χ4v) is 2.69. The molecule has 24 heavy (non-hydrogen) atoms. The van der Waals surface area contributed by atoms with Crippen LogP contribution in [0.4, 0.5) is 0 Å². The van der Waals surface area contributed by atoms with Crippen molar-refractivity contribution in [3.05, 3.63) is 59.4 Å². The Morgan fingerprint density at radius 1 is 1.21 bits per heavy atom. The van der Waals surface area contributed by atoms with Gasteiger partial charge in [0.1, 0.15) is 11.6 Å². The number of rotatable bonds is 5. The van der Waals surface area contributed by atoms with Crippen LogP contribution >= 0.6 is 0 Å². The number of nitrogens with zero attached hydrogens (tertiary/aromatic N) is 2. The second kappa shape index (κ2) is 6.74. The molecule has 0 aliphatic carbocycles. The van der Waals surface area contributed by atoms with Gasteiger partial charge in [-0.3, -0.25) is 4.79 Å². The summed E-state index contributed by atoms with van der Waals surface area (Å²) in [5.74, 6) is 1.39. The molecule has 5 heteroatoms. The predicted octanol–water partition coefficient (Wildman–Crippen LogP) is 2.89. The number of para-hydroxylation sites is 2. The molecule has 0 fully saturated rings. The van der Waals surface area contributed by atoms with Gasteiger partial charge in [0.25, 0.3) is 5.91 Å². The molecule has 1 amide bonds. The summed E-state index contributed by atoms with van der Waals surface area (Å²) in [5, 5.41) is 2.85. The third-order valence-corrected chi connectivity index (χ3v) is 4.01. The Morgan fingerprint density at radius 3 is 2.75 bits per heavy atom. The number of nitrogens with one attached hydrogen (secondary N) is 1. The van der Waals surface area contributed by atoms with Crippen molar-refractivity contribution in [2.45, 2.75) is 20.4 Å². The normalized spacial score (nSPS) is 10.8. The van der Waals surface area contributed by atoms with E-state index in [9.17, 15) is 4.79 Å². The summed E-state index contributed by atoms with van der Waals surface area (Å²) >= 11 is 0. The summed E-state index contributed by atoms with van der Waals surface area (Å²) < 4.78 is 7.58. The molecular weight excluding hydrogens is 302 g/mol. The van der Waals surface area contributed by atoms with Gasteiger partial charge in [0.15, 0.2) is 6.61 Å². The molecule has 0 atom stereocenters. The van der Waals surface area contributed by atoms with Crippen LogP contribution in [0.25, 0.3) is 11.0 Å². The Labute approximate surface area is 141 Å². The van der Waals surface area contributed by atoms with Crippen LogP contribution in [0, 0.1) is 13.8 Å². The summed E-state index contributed by atoms with van der Waals surface area (Å²) in [6.07, 6.45) is 0. The molecule has 0 bridgehead atoms. The standard InChI is InChI=1S/C19H21N3O2/c1-13-8-9-17(14(2)10-13)24-12-19(23)20-11-18-21-15-6-4-5-7-16(15)22(18)3/h4-10H,11-12H2,1-3H3,(H,20,23). The third kappa shape index (κ3) is 3.40.